The normalized spacial score (nSPS) is 19.8. The summed E-state index contributed by atoms with van der Waals surface area (Å²) >= 11 is 5.09. The van der Waals surface area contributed by atoms with Crippen LogP contribution >= 0.6 is 27.3 Å². The Hall–Kier alpha value is -1.28. The van der Waals surface area contributed by atoms with E-state index in [1.165, 1.54) is 19.3 Å². The maximum absolute atomic E-state index is 12.7. The zero-order valence-corrected chi connectivity index (χ0v) is 19.1. The van der Waals surface area contributed by atoms with Crippen LogP contribution in [0.5, 0.6) is 0 Å². The standard InChI is InChI=1S/C22H28BrN3O2S/c23-18-6-4-5-17(13-18)21-25-19(15-29-21)14-20(27)24-16-22(7-2-1-3-8-22)26-9-11-28-12-10-26/h4-6,13,15H,1-3,7-12,14,16H2,(H,24,27). The number of hydrogen-bond donors (Lipinski definition) is 1. The molecule has 4 rings (SSSR count). The summed E-state index contributed by atoms with van der Waals surface area (Å²) in [6, 6.07) is 8.10. The fraction of sp³-hybridized carbons (Fsp3) is 0.545. The van der Waals surface area contributed by atoms with E-state index in [2.05, 4.69) is 37.2 Å². The molecule has 1 aliphatic heterocycles. The van der Waals surface area contributed by atoms with Crippen molar-refractivity contribution in [2.75, 3.05) is 32.8 Å². The minimum atomic E-state index is 0.0642. The van der Waals surface area contributed by atoms with Crippen LogP contribution in [-0.4, -0.2) is 54.2 Å². The van der Waals surface area contributed by atoms with E-state index in [0.717, 1.165) is 66.4 Å². The Labute approximate surface area is 185 Å². The van der Waals surface area contributed by atoms with Crippen LogP contribution in [0.1, 0.15) is 37.8 Å². The van der Waals surface area contributed by atoms with Gasteiger partial charge in [-0.2, -0.15) is 0 Å². The largest absolute Gasteiger partial charge is 0.379 e. The molecule has 0 bridgehead atoms. The fourth-order valence-corrected chi connectivity index (χ4v) is 5.70. The quantitative estimate of drug-likeness (QED) is 0.674. The molecule has 2 aliphatic rings. The van der Waals surface area contributed by atoms with Gasteiger partial charge < -0.3 is 10.1 Å². The minimum Gasteiger partial charge on any atom is -0.379 e. The Morgan fingerprint density at radius 2 is 2.03 bits per heavy atom. The number of thiazole rings is 1. The number of aromatic nitrogens is 1. The average Bonchev–Trinajstić information content (AvgIpc) is 3.22. The summed E-state index contributed by atoms with van der Waals surface area (Å²) in [5.41, 5.74) is 2.01. The van der Waals surface area contributed by atoms with Crippen LogP contribution in [0.3, 0.4) is 0 Å². The molecule has 29 heavy (non-hydrogen) atoms. The number of hydrogen-bond acceptors (Lipinski definition) is 5. The lowest BCUT2D eigenvalue weighted by atomic mass is 9.79. The highest BCUT2D eigenvalue weighted by molar-refractivity contribution is 9.10. The van der Waals surface area contributed by atoms with E-state index >= 15 is 0 Å². The maximum atomic E-state index is 12.7. The van der Waals surface area contributed by atoms with Crippen molar-refractivity contribution in [3.8, 4) is 10.6 Å². The lowest BCUT2D eigenvalue weighted by Crippen LogP contribution is -2.59. The molecule has 1 aliphatic carbocycles. The second-order valence-electron chi connectivity index (χ2n) is 7.99. The monoisotopic (exact) mass is 477 g/mol. The summed E-state index contributed by atoms with van der Waals surface area (Å²) in [5.74, 6) is 0.0642. The van der Waals surface area contributed by atoms with Crippen molar-refractivity contribution >= 4 is 33.2 Å². The van der Waals surface area contributed by atoms with Gasteiger partial charge in [0.05, 0.1) is 25.3 Å². The Morgan fingerprint density at radius 1 is 1.24 bits per heavy atom. The zero-order valence-electron chi connectivity index (χ0n) is 16.7. The van der Waals surface area contributed by atoms with Gasteiger partial charge >= 0.3 is 0 Å². The highest BCUT2D eigenvalue weighted by Crippen LogP contribution is 2.34. The van der Waals surface area contributed by atoms with Crippen LogP contribution in [0.2, 0.25) is 0 Å². The predicted octanol–water partition coefficient (Wildman–Crippen LogP) is 4.27. The molecule has 1 aromatic carbocycles. The second kappa shape index (κ2) is 9.69. The molecular weight excluding hydrogens is 450 g/mol. The molecule has 156 valence electrons. The number of benzene rings is 1. The fourth-order valence-electron chi connectivity index (χ4n) is 4.48. The van der Waals surface area contributed by atoms with Crippen molar-refractivity contribution < 1.29 is 9.53 Å². The lowest BCUT2D eigenvalue weighted by molar-refractivity contribution is -0.121. The number of amides is 1. The molecule has 5 nitrogen and oxygen atoms in total. The Bertz CT molecular complexity index is 829. The van der Waals surface area contributed by atoms with E-state index in [1.54, 1.807) is 11.3 Å². The molecule has 0 spiro atoms. The summed E-state index contributed by atoms with van der Waals surface area (Å²) in [5, 5.41) is 6.18. The number of nitrogens with one attached hydrogen (secondary N) is 1. The van der Waals surface area contributed by atoms with Gasteiger partial charge in [-0.1, -0.05) is 47.3 Å². The summed E-state index contributed by atoms with van der Waals surface area (Å²) in [4.78, 5) is 19.9. The number of nitrogens with zero attached hydrogens (tertiary/aromatic N) is 2. The molecule has 1 aromatic heterocycles. The SMILES string of the molecule is O=C(Cc1csc(-c2cccc(Br)c2)n1)NCC1(N2CCOCC2)CCCCC1. The molecular formula is C22H28BrN3O2S. The molecule has 0 radical (unpaired) electrons. The number of morpholine rings is 1. The molecule has 1 saturated heterocycles. The van der Waals surface area contributed by atoms with Gasteiger partial charge in [0.15, 0.2) is 0 Å². The smallest absolute Gasteiger partial charge is 0.226 e. The molecule has 1 amide bonds. The van der Waals surface area contributed by atoms with Crippen LogP contribution in [-0.2, 0) is 16.0 Å². The number of ether oxygens (including phenoxy) is 1. The summed E-state index contributed by atoms with van der Waals surface area (Å²) < 4.78 is 6.58. The van der Waals surface area contributed by atoms with E-state index < -0.39 is 0 Å². The molecule has 2 heterocycles. The van der Waals surface area contributed by atoms with Gasteiger partial charge in [-0.3, -0.25) is 9.69 Å². The van der Waals surface area contributed by atoms with E-state index in [1.807, 2.05) is 23.6 Å². The molecule has 0 unspecified atom stereocenters. The van der Waals surface area contributed by atoms with Crippen LogP contribution in [0.15, 0.2) is 34.1 Å². The Morgan fingerprint density at radius 3 is 2.79 bits per heavy atom. The first-order chi connectivity index (χ1) is 14.1. The van der Waals surface area contributed by atoms with Gasteiger partial charge in [0.1, 0.15) is 5.01 Å². The average molecular weight is 478 g/mol. The zero-order chi connectivity index (χ0) is 20.1. The van der Waals surface area contributed by atoms with E-state index in [0.29, 0.717) is 6.42 Å². The highest BCUT2D eigenvalue weighted by atomic mass is 79.9. The molecule has 1 N–H and O–H groups in total. The molecule has 1 saturated carbocycles. The van der Waals surface area contributed by atoms with Gasteiger partial charge in [0, 0.05) is 40.6 Å². The van der Waals surface area contributed by atoms with Gasteiger partial charge in [-0.25, -0.2) is 4.98 Å². The van der Waals surface area contributed by atoms with Crippen molar-refractivity contribution in [2.45, 2.75) is 44.1 Å². The lowest BCUT2D eigenvalue weighted by Gasteiger charge is -2.48. The second-order valence-corrected chi connectivity index (χ2v) is 9.77. The molecule has 2 fully saturated rings. The summed E-state index contributed by atoms with van der Waals surface area (Å²) in [7, 11) is 0. The highest BCUT2D eigenvalue weighted by Gasteiger charge is 2.38. The minimum absolute atomic E-state index is 0.0642. The summed E-state index contributed by atoms with van der Waals surface area (Å²) in [6.07, 6.45) is 6.46. The third kappa shape index (κ3) is 5.26. The molecule has 2 aromatic rings. The van der Waals surface area contributed by atoms with Gasteiger partial charge in [-0.05, 0) is 25.0 Å². The van der Waals surface area contributed by atoms with Gasteiger partial charge in [0.2, 0.25) is 5.91 Å². The van der Waals surface area contributed by atoms with Crippen molar-refractivity contribution in [3.63, 3.8) is 0 Å². The first kappa shape index (κ1) is 21.0. The molecule has 7 heteroatoms. The maximum Gasteiger partial charge on any atom is 0.226 e. The number of carbonyl (C=O) groups excluding carboxylic acids is 1. The van der Waals surface area contributed by atoms with Crippen LogP contribution in [0.25, 0.3) is 10.6 Å². The Kier molecular flexibility index (Phi) is 7.00. The van der Waals surface area contributed by atoms with E-state index in [9.17, 15) is 4.79 Å². The third-order valence-electron chi connectivity index (χ3n) is 6.05. The number of halogens is 1. The number of rotatable bonds is 6. The van der Waals surface area contributed by atoms with E-state index in [-0.39, 0.29) is 11.4 Å². The van der Waals surface area contributed by atoms with Crippen LogP contribution in [0, 0.1) is 0 Å². The van der Waals surface area contributed by atoms with Crippen molar-refractivity contribution in [1.29, 1.82) is 0 Å². The van der Waals surface area contributed by atoms with Gasteiger partial charge in [-0.15, -0.1) is 11.3 Å². The third-order valence-corrected chi connectivity index (χ3v) is 7.48. The number of carbonyl (C=O) groups is 1. The predicted molar refractivity (Wildman–Crippen MR) is 120 cm³/mol. The van der Waals surface area contributed by atoms with Crippen LogP contribution in [0.4, 0.5) is 0 Å². The van der Waals surface area contributed by atoms with Crippen molar-refractivity contribution in [2.24, 2.45) is 0 Å². The van der Waals surface area contributed by atoms with Crippen LogP contribution < -0.4 is 5.32 Å². The molecule has 0 atom stereocenters. The first-order valence-corrected chi connectivity index (χ1v) is 12.1. The van der Waals surface area contributed by atoms with Gasteiger partial charge in [0.25, 0.3) is 0 Å². The summed E-state index contributed by atoms with van der Waals surface area (Å²) in [6.45, 7) is 4.27. The first-order valence-electron chi connectivity index (χ1n) is 10.4. The van der Waals surface area contributed by atoms with Crippen molar-refractivity contribution in [1.82, 2.24) is 15.2 Å². The van der Waals surface area contributed by atoms with Crippen molar-refractivity contribution in [3.05, 3.63) is 39.8 Å². The Balaban J connectivity index is 1.36. The topological polar surface area (TPSA) is 54.5 Å². The van der Waals surface area contributed by atoms with E-state index in [4.69, 9.17) is 4.74 Å².